The Morgan fingerprint density at radius 1 is 1.08 bits per heavy atom. The van der Waals surface area contributed by atoms with Gasteiger partial charge in [0.1, 0.15) is 11.2 Å². The number of pyridine rings is 1. The Bertz CT molecular complexity index is 779. The number of aromatic nitrogens is 1. The largest absolute Gasteiger partial charge is 0.435 e. The number of nitrogens with zero attached hydrogens (tertiary/aromatic N) is 2. The summed E-state index contributed by atoms with van der Waals surface area (Å²) in [5, 5.41) is 0. The number of hydrogen-bond acceptors (Lipinski definition) is 3. The van der Waals surface area contributed by atoms with E-state index in [-0.39, 0.29) is 17.7 Å². The maximum atomic E-state index is 12.8. The first-order valence-electron chi connectivity index (χ1n) is 8.44. The van der Waals surface area contributed by atoms with Gasteiger partial charge in [-0.2, -0.15) is 8.78 Å². The molecule has 0 radical (unpaired) electrons. The first-order valence-corrected chi connectivity index (χ1v) is 8.44. The molecule has 0 spiro atoms. The second kappa shape index (κ2) is 8.05. The number of ether oxygens (including phenoxy) is 1. The van der Waals surface area contributed by atoms with Gasteiger partial charge in [0, 0.05) is 11.8 Å². The summed E-state index contributed by atoms with van der Waals surface area (Å²) in [6.07, 6.45) is 7.34. The summed E-state index contributed by atoms with van der Waals surface area (Å²) in [7, 11) is 0. The van der Waals surface area contributed by atoms with Gasteiger partial charge >= 0.3 is 6.61 Å². The second-order valence-corrected chi connectivity index (χ2v) is 6.06. The van der Waals surface area contributed by atoms with E-state index < -0.39 is 6.61 Å². The van der Waals surface area contributed by atoms with E-state index in [1.54, 1.807) is 12.3 Å². The van der Waals surface area contributed by atoms with Gasteiger partial charge in [-0.15, -0.1) is 0 Å². The van der Waals surface area contributed by atoms with Gasteiger partial charge in [-0.1, -0.05) is 25.3 Å². The third-order valence-corrected chi connectivity index (χ3v) is 4.27. The molecule has 1 aromatic heterocycles. The highest BCUT2D eigenvalue weighted by Crippen LogP contribution is 2.20. The van der Waals surface area contributed by atoms with Crippen molar-refractivity contribution in [2.45, 2.75) is 44.8 Å². The molecule has 6 heteroatoms. The fraction of sp³-hybridized carbons (Fsp3) is 0.368. The van der Waals surface area contributed by atoms with Crippen LogP contribution in [-0.4, -0.2) is 23.1 Å². The van der Waals surface area contributed by atoms with Gasteiger partial charge < -0.3 is 4.74 Å². The monoisotopic (exact) mass is 346 g/mol. The smallest absolute Gasteiger partial charge is 0.387 e. The minimum atomic E-state index is -2.88. The molecule has 1 aliphatic carbocycles. The van der Waals surface area contributed by atoms with E-state index >= 15 is 0 Å². The van der Waals surface area contributed by atoms with Crippen molar-refractivity contribution >= 4 is 5.91 Å². The van der Waals surface area contributed by atoms with Crippen LogP contribution in [0, 0.1) is 0 Å². The van der Waals surface area contributed by atoms with Crippen LogP contribution in [0.25, 0.3) is 0 Å². The molecule has 0 amide bonds. The van der Waals surface area contributed by atoms with Crippen molar-refractivity contribution in [1.29, 1.82) is 0 Å². The van der Waals surface area contributed by atoms with E-state index in [0.717, 1.165) is 12.8 Å². The van der Waals surface area contributed by atoms with Crippen molar-refractivity contribution in [3.8, 4) is 5.75 Å². The molecule has 0 N–H and O–H groups in total. The van der Waals surface area contributed by atoms with E-state index in [4.69, 9.17) is 4.99 Å². The fourth-order valence-corrected chi connectivity index (χ4v) is 3.03. The van der Waals surface area contributed by atoms with Crippen molar-refractivity contribution in [2.24, 2.45) is 4.99 Å². The van der Waals surface area contributed by atoms with Gasteiger partial charge in [0.15, 0.2) is 0 Å². The van der Waals surface area contributed by atoms with Gasteiger partial charge in [-0.3, -0.25) is 14.4 Å². The number of hydrogen-bond donors (Lipinski definition) is 0. The molecule has 1 aromatic carbocycles. The van der Waals surface area contributed by atoms with E-state index in [2.05, 4.69) is 4.74 Å². The molecule has 25 heavy (non-hydrogen) atoms. The third kappa shape index (κ3) is 4.53. The van der Waals surface area contributed by atoms with Crippen LogP contribution in [0.15, 0.2) is 53.7 Å². The molecule has 0 atom stereocenters. The lowest BCUT2D eigenvalue weighted by molar-refractivity contribution is -0.0498. The van der Waals surface area contributed by atoms with Crippen LogP contribution in [0.5, 0.6) is 5.75 Å². The molecule has 1 saturated carbocycles. The van der Waals surface area contributed by atoms with Gasteiger partial charge in [0.2, 0.25) is 0 Å². The maximum Gasteiger partial charge on any atom is 0.387 e. The summed E-state index contributed by atoms with van der Waals surface area (Å²) in [6.45, 7) is -2.88. The second-order valence-electron chi connectivity index (χ2n) is 6.06. The maximum absolute atomic E-state index is 12.8. The lowest BCUT2D eigenvalue weighted by atomic mass is 9.96. The summed E-state index contributed by atoms with van der Waals surface area (Å²) in [6, 6.07) is 11.4. The van der Waals surface area contributed by atoms with Crippen LogP contribution >= 0.6 is 0 Å². The molecule has 0 saturated heterocycles. The number of alkyl halides is 2. The Morgan fingerprint density at radius 3 is 2.48 bits per heavy atom. The first kappa shape index (κ1) is 17.3. The molecule has 2 aromatic rings. The molecule has 0 bridgehead atoms. The Kier molecular flexibility index (Phi) is 5.58. The molecular formula is C19H20F2N2O2. The molecule has 1 heterocycles. The summed E-state index contributed by atoms with van der Waals surface area (Å²) < 4.78 is 30.2. The van der Waals surface area contributed by atoms with Crippen LogP contribution in [0.4, 0.5) is 8.78 Å². The number of rotatable bonds is 4. The van der Waals surface area contributed by atoms with E-state index in [0.29, 0.717) is 11.1 Å². The van der Waals surface area contributed by atoms with Crippen molar-refractivity contribution in [3.63, 3.8) is 0 Å². The summed E-state index contributed by atoms with van der Waals surface area (Å²) >= 11 is 0. The predicted octanol–water partition coefficient (Wildman–Crippen LogP) is 4.01. The number of benzene rings is 1. The highest BCUT2D eigenvalue weighted by atomic mass is 19.3. The Labute approximate surface area is 144 Å². The number of carbonyl (C=O) groups is 1. The van der Waals surface area contributed by atoms with Gasteiger partial charge in [-0.05, 0) is 49.2 Å². The Balaban J connectivity index is 1.86. The summed E-state index contributed by atoms with van der Waals surface area (Å²) in [5.74, 6) is -0.226. The lowest BCUT2D eigenvalue weighted by Crippen LogP contribution is -2.29. The van der Waals surface area contributed by atoms with Crippen molar-refractivity contribution in [1.82, 2.24) is 4.57 Å². The van der Waals surface area contributed by atoms with Crippen LogP contribution in [0.3, 0.4) is 0 Å². The van der Waals surface area contributed by atoms with E-state index in [1.165, 1.54) is 48.1 Å². The Morgan fingerprint density at radius 2 is 1.80 bits per heavy atom. The summed E-state index contributed by atoms with van der Waals surface area (Å²) in [5.41, 5.74) is 1.00. The van der Waals surface area contributed by atoms with Crippen molar-refractivity contribution < 1.29 is 18.3 Å². The van der Waals surface area contributed by atoms with Crippen molar-refractivity contribution in [3.05, 3.63) is 59.7 Å². The van der Waals surface area contributed by atoms with Gasteiger partial charge in [-0.25, -0.2) is 0 Å². The quantitative estimate of drug-likeness (QED) is 0.839. The minimum absolute atomic E-state index is 0.0247. The number of halogens is 2. The summed E-state index contributed by atoms with van der Waals surface area (Å²) in [4.78, 5) is 17.5. The Hall–Kier alpha value is -2.50. The van der Waals surface area contributed by atoms with Crippen LogP contribution < -0.4 is 10.2 Å². The number of carbonyl (C=O) groups excluding carboxylic acids is 1. The molecule has 1 fully saturated rings. The van der Waals surface area contributed by atoms with Crippen molar-refractivity contribution in [2.75, 3.05) is 0 Å². The SMILES string of the molecule is O=C(c1ccc(OC(F)F)cc1)n1ccccc1=NC1CCCCC1. The standard InChI is InChI=1S/C19H20F2N2O2/c20-19(21)25-16-11-9-14(10-12-16)18(24)23-13-5-4-8-17(23)22-15-6-2-1-3-7-15/h4-5,8-13,15,19H,1-3,6-7H2. The lowest BCUT2D eigenvalue weighted by Gasteiger charge is -2.17. The van der Waals surface area contributed by atoms with Gasteiger partial charge in [0.25, 0.3) is 5.91 Å². The van der Waals surface area contributed by atoms with Crippen LogP contribution in [0.2, 0.25) is 0 Å². The fourth-order valence-electron chi connectivity index (χ4n) is 3.03. The molecule has 0 unspecified atom stereocenters. The third-order valence-electron chi connectivity index (χ3n) is 4.27. The highest BCUT2D eigenvalue weighted by molar-refractivity contribution is 5.95. The van der Waals surface area contributed by atoms with E-state index in [1.807, 2.05) is 12.1 Å². The topological polar surface area (TPSA) is 43.6 Å². The highest BCUT2D eigenvalue weighted by Gasteiger charge is 2.14. The normalized spacial score (nSPS) is 16.2. The average molecular weight is 346 g/mol. The molecule has 3 rings (SSSR count). The van der Waals surface area contributed by atoms with Gasteiger partial charge in [0.05, 0.1) is 6.04 Å². The minimum Gasteiger partial charge on any atom is -0.435 e. The zero-order valence-corrected chi connectivity index (χ0v) is 13.8. The molecule has 132 valence electrons. The molecular weight excluding hydrogens is 326 g/mol. The zero-order valence-electron chi connectivity index (χ0n) is 13.8. The van der Waals surface area contributed by atoms with Crippen LogP contribution in [0.1, 0.15) is 42.5 Å². The zero-order chi connectivity index (χ0) is 17.6. The average Bonchev–Trinajstić information content (AvgIpc) is 2.63. The van der Waals surface area contributed by atoms with Crippen LogP contribution in [-0.2, 0) is 0 Å². The predicted molar refractivity (Wildman–Crippen MR) is 89.7 cm³/mol. The molecule has 1 aliphatic rings. The van der Waals surface area contributed by atoms with E-state index in [9.17, 15) is 13.6 Å². The molecule has 0 aliphatic heterocycles. The molecule has 4 nitrogen and oxygen atoms in total. The first-order chi connectivity index (χ1) is 12.1.